The lowest BCUT2D eigenvalue weighted by atomic mass is 10.0. The van der Waals surface area contributed by atoms with Gasteiger partial charge in [0.2, 0.25) is 5.91 Å². The minimum absolute atomic E-state index is 0.0389. The van der Waals surface area contributed by atoms with Crippen LogP contribution in [-0.4, -0.2) is 23.0 Å². The van der Waals surface area contributed by atoms with Crippen molar-refractivity contribution in [1.29, 1.82) is 0 Å². The Kier molecular flexibility index (Phi) is 6.18. The first-order chi connectivity index (χ1) is 9.38. The molecule has 0 fully saturated rings. The fraction of sp³-hybridized carbons (Fsp3) is 0.467. The van der Waals surface area contributed by atoms with Gasteiger partial charge in [0.1, 0.15) is 6.04 Å². The van der Waals surface area contributed by atoms with Crippen LogP contribution in [0.3, 0.4) is 0 Å². The number of nitrogens with one attached hydrogen (secondary N) is 1. The molecule has 20 heavy (non-hydrogen) atoms. The highest BCUT2D eigenvalue weighted by Crippen LogP contribution is 2.07. The van der Waals surface area contributed by atoms with Crippen molar-refractivity contribution in [3.8, 4) is 0 Å². The molecule has 5 heteroatoms. The molecule has 1 amide bonds. The first-order valence-corrected chi connectivity index (χ1v) is 6.71. The lowest BCUT2D eigenvalue weighted by molar-refractivity contribution is -0.138. The molecule has 0 aliphatic heterocycles. The third kappa shape index (κ3) is 5.84. The van der Waals surface area contributed by atoms with E-state index < -0.39 is 12.0 Å². The van der Waals surface area contributed by atoms with E-state index in [2.05, 4.69) is 5.32 Å². The molecule has 1 atom stereocenters. The molecule has 1 rings (SSSR count). The zero-order valence-corrected chi connectivity index (χ0v) is 11.9. The third-order valence-corrected chi connectivity index (χ3v) is 2.88. The van der Waals surface area contributed by atoms with Crippen molar-refractivity contribution in [3.63, 3.8) is 0 Å². The summed E-state index contributed by atoms with van der Waals surface area (Å²) in [6.07, 6.45) is 0.820. The number of hydrogen-bond acceptors (Lipinski definition) is 3. The summed E-state index contributed by atoms with van der Waals surface area (Å²) in [7, 11) is 0. The van der Waals surface area contributed by atoms with Gasteiger partial charge in [-0.2, -0.15) is 0 Å². The molecule has 0 saturated heterocycles. The number of nitrogens with two attached hydrogens (primary N) is 1. The SMILES string of the molecule is CC(C)CC(=O)NCc1ccc(C[C@H](N)C(=O)O)cc1. The summed E-state index contributed by atoms with van der Waals surface area (Å²) in [6.45, 7) is 4.48. The zero-order chi connectivity index (χ0) is 15.1. The van der Waals surface area contributed by atoms with E-state index in [0.29, 0.717) is 25.3 Å². The van der Waals surface area contributed by atoms with Gasteiger partial charge in [-0.1, -0.05) is 38.1 Å². The van der Waals surface area contributed by atoms with Gasteiger partial charge in [-0.25, -0.2) is 0 Å². The maximum Gasteiger partial charge on any atom is 0.320 e. The van der Waals surface area contributed by atoms with Crippen LogP contribution in [0.15, 0.2) is 24.3 Å². The van der Waals surface area contributed by atoms with Gasteiger partial charge in [0.15, 0.2) is 0 Å². The molecule has 0 bridgehead atoms. The van der Waals surface area contributed by atoms with E-state index in [-0.39, 0.29) is 5.91 Å². The van der Waals surface area contributed by atoms with E-state index in [0.717, 1.165) is 11.1 Å². The van der Waals surface area contributed by atoms with Crippen LogP contribution < -0.4 is 11.1 Å². The topological polar surface area (TPSA) is 92.4 Å². The van der Waals surface area contributed by atoms with Crippen molar-refractivity contribution < 1.29 is 14.7 Å². The monoisotopic (exact) mass is 278 g/mol. The molecule has 0 unspecified atom stereocenters. The summed E-state index contributed by atoms with van der Waals surface area (Å²) in [4.78, 5) is 22.2. The number of carboxylic acid groups (broad SMARTS) is 1. The number of carbonyl (C=O) groups is 2. The molecular weight excluding hydrogens is 256 g/mol. The normalized spacial score (nSPS) is 12.2. The Hall–Kier alpha value is -1.88. The van der Waals surface area contributed by atoms with Crippen molar-refractivity contribution in [2.24, 2.45) is 11.7 Å². The molecular formula is C15H22N2O3. The Balaban J connectivity index is 2.46. The molecule has 4 N–H and O–H groups in total. The third-order valence-electron chi connectivity index (χ3n) is 2.88. The van der Waals surface area contributed by atoms with Gasteiger partial charge < -0.3 is 16.2 Å². The van der Waals surface area contributed by atoms with Crippen LogP contribution in [-0.2, 0) is 22.6 Å². The van der Waals surface area contributed by atoms with Crippen LogP contribution in [0.5, 0.6) is 0 Å². The lowest BCUT2D eigenvalue weighted by Gasteiger charge is -2.09. The molecule has 1 aromatic rings. The van der Waals surface area contributed by atoms with Crippen molar-refractivity contribution >= 4 is 11.9 Å². The van der Waals surface area contributed by atoms with Crippen LogP contribution in [0, 0.1) is 5.92 Å². The maximum absolute atomic E-state index is 11.5. The molecule has 0 spiro atoms. The van der Waals surface area contributed by atoms with E-state index >= 15 is 0 Å². The Morgan fingerprint density at radius 3 is 2.25 bits per heavy atom. The summed E-state index contributed by atoms with van der Waals surface area (Å²) in [5.41, 5.74) is 7.33. The quantitative estimate of drug-likeness (QED) is 0.701. The summed E-state index contributed by atoms with van der Waals surface area (Å²) in [5, 5.41) is 11.6. The van der Waals surface area contributed by atoms with E-state index in [4.69, 9.17) is 10.8 Å². The first kappa shape index (κ1) is 16.2. The van der Waals surface area contributed by atoms with Crippen LogP contribution in [0.4, 0.5) is 0 Å². The van der Waals surface area contributed by atoms with Crippen molar-refractivity contribution in [1.82, 2.24) is 5.32 Å². The predicted octanol–water partition coefficient (Wildman–Crippen LogP) is 1.30. The van der Waals surface area contributed by atoms with E-state index in [9.17, 15) is 9.59 Å². The Labute approximate surface area is 119 Å². The van der Waals surface area contributed by atoms with E-state index in [1.54, 1.807) is 0 Å². The first-order valence-electron chi connectivity index (χ1n) is 6.71. The predicted molar refractivity (Wildman–Crippen MR) is 77.1 cm³/mol. The molecule has 110 valence electrons. The minimum Gasteiger partial charge on any atom is -0.480 e. The second-order valence-corrected chi connectivity index (χ2v) is 5.34. The molecule has 0 saturated carbocycles. The van der Waals surface area contributed by atoms with Crippen molar-refractivity contribution in [2.75, 3.05) is 0 Å². The molecule has 0 radical (unpaired) electrons. The zero-order valence-electron chi connectivity index (χ0n) is 11.9. The van der Waals surface area contributed by atoms with Crippen LogP contribution in [0.25, 0.3) is 0 Å². The van der Waals surface area contributed by atoms with Crippen LogP contribution in [0.1, 0.15) is 31.4 Å². The summed E-state index contributed by atoms with van der Waals surface area (Å²) < 4.78 is 0. The molecule has 1 aromatic carbocycles. The smallest absolute Gasteiger partial charge is 0.320 e. The molecule has 0 heterocycles. The summed E-state index contributed by atoms with van der Waals surface area (Å²) >= 11 is 0. The fourth-order valence-electron chi connectivity index (χ4n) is 1.78. The number of rotatable bonds is 7. The highest BCUT2D eigenvalue weighted by Gasteiger charge is 2.11. The molecule has 5 nitrogen and oxygen atoms in total. The van der Waals surface area contributed by atoms with E-state index in [1.165, 1.54) is 0 Å². The van der Waals surface area contributed by atoms with Crippen molar-refractivity contribution in [3.05, 3.63) is 35.4 Å². The molecule has 0 aliphatic carbocycles. The number of hydrogen-bond donors (Lipinski definition) is 3. The van der Waals surface area contributed by atoms with Gasteiger partial charge in [0.05, 0.1) is 0 Å². The summed E-state index contributed by atoms with van der Waals surface area (Å²) in [5.74, 6) is -0.623. The Morgan fingerprint density at radius 1 is 1.20 bits per heavy atom. The summed E-state index contributed by atoms with van der Waals surface area (Å²) in [6, 6.07) is 6.55. The number of carbonyl (C=O) groups excluding carboxylic acids is 1. The number of benzene rings is 1. The maximum atomic E-state index is 11.5. The number of amides is 1. The second-order valence-electron chi connectivity index (χ2n) is 5.34. The van der Waals surface area contributed by atoms with Gasteiger partial charge in [0.25, 0.3) is 0 Å². The van der Waals surface area contributed by atoms with Gasteiger partial charge >= 0.3 is 5.97 Å². The largest absolute Gasteiger partial charge is 0.480 e. The van der Waals surface area contributed by atoms with Gasteiger partial charge in [0, 0.05) is 13.0 Å². The number of carboxylic acids is 1. The highest BCUT2D eigenvalue weighted by molar-refractivity contribution is 5.76. The van der Waals surface area contributed by atoms with Crippen molar-refractivity contribution in [2.45, 2.75) is 39.3 Å². The van der Waals surface area contributed by atoms with Gasteiger partial charge in [-0.15, -0.1) is 0 Å². The molecule has 0 aromatic heterocycles. The van der Waals surface area contributed by atoms with Gasteiger partial charge in [-0.05, 0) is 23.5 Å². The standard InChI is InChI=1S/C15H22N2O3/c1-10(2)7-14(18)17-9-12-5-3-11(4-6-12)8-13(16)15(19)20/h3-6,10,13H,7-9,16H2,1-2H3,(H,17,18)(H,19,20)/t13-/m0/s1. The van der Waals surface area contributed by atoms with Crippen LogP contribution >= 0.6 is 0 Å². The van der Waals surface area contributed by atoms with Gasteiger partial charge in [-0.3, -0.25) is 9.59 Å². The molecule has 0 aliphatic rings. The average molecular weight is 278 g/mol. The second kappa shape index (κ2) is 7.65. The Bertz CT molecular complexity index is 455. The number of aliphatic carboxylic acids is 1. The highest BCUT2D eigenvalue weighted by atomic mass is 16.4. The average Bonchev–Trinajstić information content (AvgIpc) is 2.37. The minimum atomic E-state index is -1.00. The van der Waals surface area contributed by atoms with E-state index in [1.807, 2.05) is 38.1 Å². The van der Waals surface area contributed by atoms with Crippen LogP contribution in [0.2, 0.25) is 0 Å². The lowest BCUT2D eigenvalue weighted by Crippen LogP contribution is -2.32. The fourth-order valence-corrected chi connectivity index (χ4v) is 1.78. The Morgan fingerprint density at radius 2 is 1.75 bits per heavy atom.